The van der Waals surface area contributed by atoms with Gasteiger partial charge in [-0.15, -0.1) is 0 Å². The number of hydrogen-bond donors (Lipinski definition) is 2. The Morgan fingerprint density at radius 1 is 0.861 bits per heavy atom. The maximum Gasteiger partial charge on any atom is 0.144 e. The van der Waals surface area contributed by atoms with Crippen molar-refractivity contribution in [1.29, 1.82) is 0 Å². The number of nitrogens with one attached hydrogen (secondary N) is 2. The summed E-state index contributed by atoms with van der Waals surface area (Å²) in [5, 5.41) is -0.0871. The largest absolute Gasteiger partial charge is 0.326 e. The van der Waals surface area contributed by atoms with Crippen molar-refractivity contribution in [2.75, 3.05) is 24.4 Å². The predicted octanol–water partition coefficient (Wildman–Crippen LogP) is 8.10. The molecule has 36 heavy (non-hydrogen) atoms. The highest BCUT2D eigenvalue weighted by Crippen LogP contribution is 2.30. The molecule has 1 aliphatic rings. The summed E-state index contributed by atoms with van der Waals surface area (Å²) in [4.78, 5) is 4.07. The van der Waals surface area contributed by atoms with E-state index in [0.29, 0.717) is 0 Å². The number of halogens is 3. The van der Waals surface area contributed by atoms with Gasteiger partial charge in [-0.25, -0.2) is 8.78 Å². The van der Waals surface area contributed by atoms with E-state index in [-0.39, 0.29) is 9.92 Å². The Bertz CT molecular complexity index is 1220. The second kappa shape index (κ2) is 12.7. The Kier molecular flexibility index (Phi) is 9.58. The molecule has 3 aromatic carbocycles. The standard InChI is InChI=1S/C28H32ClF2N3S2/c1-18-12-20(3)27(13-19(18)2)35-32-9-4-5-10-34-11-8-21-6-7-23(14-22(21)17-34)33-36-28-15-24(29)25(30)16-26(28)31/h6-7,12-16,32-33H,4-5,8-11,17H2,1-3H3. The normalized spacial score (nSPS) is 13.6. The van der Waals surface area contributed by atoms with E-state index < -0.39 is 11.6 Å². The highest BCUT2D eigenvalue weighted by atomic mass is 35.5. The third kappa shape index (κ3) is 7.17. The number of nitrogens with zero attached hydrogens (tertiary/aromatic N) is 1. The van der Waals surface area contributed by atoms with Gasteiger partial charge in [0.1, 0.15) is 11.6 Å². The van der Waals surface area contributed by atoms with Gasteiger partial charge < -0.3 is 4.72 Å². The van der Waals surface area contributed by atoms with Crippen LogP contribution in [0.15, 0.2) is 52.3 Å². The quantitative estimate of drug-likeness (QED) is 0.152. The maximum absolute atomic E-state index is 14.0. The molecule has 8 heteroatoms. The number of aryl methyl sites for hydroxylation is 3. The monoisotopic (exact) mass is 547 g/mol. The van der Waals surface area contributed by atoms with Crippen LogP contribution < -0.4 is 9.44 Å². The number of fused-ring (bicyclic) bond motifs is 1. The van der Waals surface area contributed by atoms with Gasteiger partial charge in [0.05, 0.1) is 9.92 Å². The fourth-order valence-corrected chi connectivity index (χ4v) is 6.05. The van der Waals surface area contributed by atoms with Gasteiger partial charge in [-0.1, -0.05) is 23.7 Å². The summed E-state index contributed by atoms with van der Waals surface area (Å²) in [7, 11) is 0. The highest BCUT2D eigenvalue weighted by molar-refractivity contribution is 8.00. The molecule has 3 nitrogen and oxygen atoms in total. The molecular weight excluding hydrogens is 516 g/mol. The van der Waals surface area contributed by atoms with E-state index in [1.165, 1.54) is 38.8 Å². The van der Waals surface area contributed by atoms with Crippen LogP contribution in [0.25, 0.3) is 0 Å². The molecule has 0 aliphatic carbocycles. The lowest BCUT2D eigenvalue weighted by Crippen LogP contribution is -2.31. The summed E-state index contributed by atoms with van der Waals surface area (Å²) in [6.07, 6.45) is 3.31. The van der Waals surface area contributed by atoms with E-state index in [9.17, 15) is 8.78 Å². The lowest BCUT2D eigenvalue weighted by molar-refractivity contribution is 0.249. The molecule has 0 fully saturated rings. The van der Waals surface area contributed by atoms with Gasteiger partial charge in [0.2, 0.25) is 0 Å². The van der Waals surface area contributed by atoms with E-state index in [0.717, 1.165) is 69.1 Å². The molecular formula is C28H32ClF2N3S2. The van der Waals surface area contributed by atoms with E-state index in [2.05, 4.69) is 59.4 Å². The van der Waals surface area contributed by atoms with Gasteiger partial charge in [0, 0.05) is 36.3 Å². The lowest BCUT2D eigenvalue weighted by atomic mass is 9.99. The van der Waals surface area contributed by atoms with Crippen molar-refractivity contribution in [2.24, 2.45) is 0 Å². The van der Waals surface area contributed by atoms with E-state index in [1.54, 1.807) is 11.9 Å². The summed E-state index contributed by atoms with van der Waals surface area (Å²) >= 11 is 8.63. The first-order valence-electron chi connectivity index (χ1n) is 12.2. The van der Waals surface area contributed by atoms with Gasteiger partial charge in [-0.3, -0.25) is 9.62 Å². The molecule has 0 atom stereocenters. The highest BCUT2D eigenvalue weighted by Gasteiger charge is 2.17. The zero-order valence-electron chi connectivity index (χ0n) is 20.9. The Morgan fingerprint density at radius 2 is 1.67 bits per heavy atom. The lowest BCUT2D eigenvalue weighted by Gasteiger charge is -2.29. The minimum Gasteiger partial charge on any atom is -0.326 e. The molecule has 0 unspecified atom stereocenters. The molecule has 192 valence electrons. The van der Waals surface area contributed by atoms with Crippen LogP contribution in [-0.4, -0.2) is 24.5 Å². The van der Waals surface area contributed by atoms with Crippen LogP contribution in [-0.2, 0) is 13.0 Å². The third-order valence-corrected chi connectivity index (χ3v) is 8.70. The maximum atomic E-state index is 14.0. The van der Waals surface area contributed by atoms with Gasteiger partial charge in [-0.05, 0) is 123 Å². The SMILES string of the molecule is Cc1cc(C)c(SNCCCCN2CCc3ccc(NSc4cc(Cl)c(F)cc4F)cc3C2)cc1C. The van der Waals surface area contributed by atoms with Gasteiger partial charge in [0.15, 0.2) is 0 Å². The molecule has 0 spiro atoms. The number of benzene rings is 3. The second-order valence-electron chi connectivity index (χ2n) is 9.32. The first-order valence-corrected chi connectivity index (χ1v) is 14.2. The van der Waals surface area contributed by atoms with E-state index >= 15 is 0 Å². The summed E-state index contributed by atoms with van der Waals surface area (Å²) < 4.78 is 34.1. The summed E-state index contributed by atoms with van der Waals surface area (Å²) in [6.45, 7) is 10.5. The van der Waals surface area contributed by atoms with Crippen LogP contribution in [0.3, 0.4) is 0 Å². The molecule has 0 saturated heterocycles. The number of unbranched alkanes of at least 4 members (excludes halogenated alkanes) is 1. The average molecular weight is 548 g/mol. The molecule has 1 heterocycles. The number of rotatable bonds is 10. The van der Waals surface area contributed by atoms with E-state index in [4.69, 9.17) is 11.6 Å². The molecule has 0 radical (unpaired) electrons. The van der Waals surface area contributed by atoms with Crippen molar-refractivity contribution < 1.29 is 8.78 Å². The molecule has 1 aliphatic heterocycles. The summed E-state index contributed by atoms with van der Waals surface area (Å²) in [5.41, 5.74) is 7.54. The minimum absolute atomic E-state index is 0.0871. The number of hydrogen-bond acceptors (Lipinski definition) is 5. The third-order valence-electron chi connectivity index (χ3n) is 6.53. The van der Waals surface area contributed by atoms with Crippen LogP contribution in [0.1, 0.15) is 40.7 Å². The Labute approximate surface area is 226 Å². The molecule has 0 bridgehead atoms. The van der Waals surface area contributed by atoms with Crippen molar-refractivity contribution in [3.05, 3.63) is 86.9 Å². The zero-order chi connectivity index (χ0) is 25.7. The smallest absolute Gasteiger partial charge is 0.144 e. The van der Waals surface area contributed by atoms with Crippen LogP contribution in [0.4, 0.5) is 14.5 Å². The van der Waals surface area contributed by atoms with Crippen molar-refractivity contribution in [2.45, 2.75) is 56.4 Å². The molecule has 3 aromatic rings. The van der Waals surface area contributed by atoms with Gasteiger partial charge in [0.25, 0.3) is 0 Å². The fourth-order valence-electron chi connectivity index (χ4n) is 4.27. The van der Waals surface area contributed by atoms with E-state index in [1.807, 2.05) is 6.07 Å². The van der Waals surface area contributed by atoms with Crippen molar-refractivity contribution in [1.82, 2.24) is 9.62 Å². The average Bonchev–Trinajstić information content (AvgIpc) is 2.85. The minimum atomic E-state index is -0.752. The van der Waals surface area contributed by atoms with Gasteiger partial charge in [-0.2, -0.15) is 0 Å². The molecule has 4 rings (SSSR count). The topological polar surface area (TPSA) is 27.3 Å². The van der Waals surface area contributed by atoms with Crippen LogP contribution in [0, 0.1) is 32.4 Å². The Morgan fingerprint density at radius 3 is 2.50 bits per heavy atom. The van der Waals surface area contributed by atoms with Crippen molar-refractivity contribution >= 4 is 41.2 Å². The summed E-state index contributed by atoms with van der Waals surface area (Å²) in [5.74, 6) is -1.38. The van der Waals surface area contributed by atoms with Crippen LogP contribution in [0.2, 0.25) is 5.02 Å². The first kappa shape index (κ1) is 27.3. The molecule has 0 saturated carbocycles. The number of anilines is 1. The summed E-state index contributed by atoms with van der Waals surface area (Å²) in [6, 6.07) is 12.9. The molecule has 2 N–H and O–H groups in total. The van der Waals surface area contributed by atoms with Crippen molar-refractivity contribution in [3.63, 3.8) is 0 Å². The van der Waals surface area contributed by atoms with Crippen LogP contribution in [0.5, 0.6) is 0 Å². The fraction of sp³-hybridized carbons (Fsp3) is 0.357. The predicted molar refractivity (Wildman–Crippen MR) is 150 cm³/mol. The van der Waals surface area contributed by atoms with Gasteiger partial charge >= 0.3 is 0 Å². The first-order chi connectivity index (χ1) is 17.3. The van der Waals surface area contributed by atoms with Crippen LogP contribution >= 0.6 is 35.5 Å². The van der Waals surface area contributed by atoms with Crippen molar-refractivity contribution in [3.8, 4) is 0 Å². The Balaban J connectivity index is 1.21. The second-order valence-corrected chi connectivity index (χ2v) is 11.5. The molecule has 0 amide bonds. The zero-order valence-corrected chi connectivity index (χ0v) is 23.3. The Hall–Kier alpha value is -1.77. The molecule has 0 aromatic heterocycles.